The summed E-state index contributed by atoms with van der Waals surface area (Å²) in [5.41, 5.74) is 4.18. The molecular weight excluding hydrogens is 344 g/mol. The normalized spacial score (nSPS) is 24.9. The van der Waals surface area contributed by atoms with Crippen molar-refractivity contribution in [3.8, 4) is 21.7 Å². The van der Waals surface area contributed by atoms with Gasteiger partial charge in [0.25, 0.3) is 0 Å². The van der Waals surface area contributed by atoms with E-state index >= 15 is 0 Å². The van der Waals surface area contributed by atoms with Crippen LogP contribution in [0.5, 0.6) is 0 Å². The van der Waals surface area contributed by atoms with Gasteiger partial charge in [-0.15, -0.1) is 16.4 Å². The number of nitrogens with zero attached hydrogens (tertiary/aromatic N) is 4. The summed E-state index contributed by atoms with van der Waals surface area (Å²) in [5.74, 6) is 0.745. The van der Waals surface area contributed by atoms with E-state index in [0.717, 1.165) is 39.7 Å². The number of benzene rings is 1. The maximum absolute atomic E-state index is 9.34. The van der Waals surface area contributed by atoms with Crippen molar-refractivity contribution in [2.45, 2.75) is 25.5 Å². The lowest BCUT2D eigenvalue weighted by Crippen LogP contribution is -2.48. The lowest BCUT2D eigenvalue weighted by Gasteiger charge is -2.44. The SMILES string of the molecule is OCc1cccc(-c2csc(-c3cn(C4CN5CCC4CC5)nn3)c2)c1. The molecule has 1 unspecified atom stereocenters. The molecule has 0 spiro atoms. The molecule has 26 heavy (non-hydrogen) atoms. The van der Waals surface area contributed by atoms with Crippen molar-refractivity contribution in [3.05, 3.63) is 47.5 Å². The Morgan fingerprint density at radius 3 is 2.81 bits per heavy atom. The highest BCUT2D eigenvalue weighted by atomic mass is 32.1. The lowest BCUT2D eigenvalue weighted by atomic mass is 9.84. The Morgan fingerprint density at radius 2 is 2.04 bits per heavy atom. The molecule has 1 atom stereocenters. The molecule has 3 aliphatic rings. The van der Waals surface area contributed by atoms with Crippen molar-refractivity contribution in [1.82, 2.24) is 19.9 Å². The topological polar surface area (TPSA) is 54.2 Å². The van der Waals surface area contributed by atoms with E-state index in [1.54, 1.807) is 11.3 Å². The fourth-order valence-electron chi connectivity index (χ4n) is 4.26. The fourth-order valence-corrected chi connectivity index (χ4v) is 5.12. The first-order valence-corrected chi connectivity index (χ1v) is 10.1. The van der Waals surface area contributed by atoms with E-state index in [4.69, 9.17) is 0 Å². The fraction of sp³-hybridized carbons (Fsp3) is 0.400. The second-order valence-electron chi connectivity index (χ2n) is 7.35. The molecule has 2 aromatic heterocycles. The second kappa shape index (κ2) is 6.61. The average Bonchev–Trinajstić information content (AvgIpc) is 3.38. The van der Waals surface area contributed by atoms with Gasteiger partial charge in [0.2, 0.25) is 0 Å². The molecule has 1 N–H and O–H groups in total. The molecule has 5 nitrogen and oxygen atoms in total. The highest BCUT2D eigenvalue weighted by Gasteiger charge is 2.35. The van der Waals surface area contributed by atoms with Crippen LogP contribution >= 0.6 is 11.3 Å². The predicted molar refractivity (Wildman–Crippen MR) is 103 cm³/mol. The lowest BCUT2D eigenvalue weighted by molar-refractivity contribution is 0.0504. The maximum atomic E-state index is 9.34. The quantitative estimate of drug-likeness (QED) is 0.769. The van der Waals surface area contributed by atoms with Gasteiger partial charge in [-0.3, -0.25) is 0 Å². The highest BCUT2D eigenvalue weighted by molar-refractivity contribution is 7.14. The number of hydrogen-bond donors (Lipinski definition) is 1. The summed E-state index contributed by atoms with van der Waals surface area (Å²) in [5, 5.41) is 20.4. The van der Waals surface area contributed by atoms with E-state index in [9.17, 15) is 5.11 Å². The Morgan fingerprint density at radius 1 is 1.15 bits per heavy atom. The minimum Gasteiger partial charge on any atom is -0.392 e. The minimum absolute atomic E-state index is 0.0682. The molecule has 5 heterocycles. The first-order valence-electron chi connectivity index (χ1n) is 9.23. The van der Waals surface area contributed by atoms with Crippen molar-refractivity contribution in [1.29, 1.82) is 0 Å². The van der Waals surface area contributed by atoms with Crippen LogP contribution in [0.3, 0.4) is 0 Å². The van der Waals surface area contributed by atoms with Gasteiger partial charge < -0.3 is 10.0 Å². The molecule has 0 aliphatic carbocycles. The number of aliphatic hydroxyl groups excluding tert-OH is 1. The van der Waals surface area contributed by atoms with E-state index < -0.39 is 0 Å². The van der Waals surface area contributed by atoms with Crippen LogP contribution in [0.4, 0.5) is 0 Å². The summed E-state index contributed by atoms with van der Waals surface area (Å²) in [6, 6.07) is 10.7. The van der Waals surface area contributed by atoms with Crippen LogP contribution in [0.2, 0.25) is 0 Å². The van der Waals surface area contributed by atoms with Gasteiger partial charge >= 0.3 is 0 Å². The third-order valence-electron chi connectivity index (χ3n) is 5.77. The molecule has 3 fully saturated rings. The standard InChI is InChI=1S/C20H22N4OS/c25-12-14-2-1-3-16(8-14)17-9-20(26-13-17)18-10-24(22-21-18)19-11-23-6-4-15(19)5-7-23/h1-3,8-10,13,15,19,25H,4-7,11-12H2. The van der Waals surface area contributed by atoms with Gasteiger partial charge in [0.05, 0.1) is 23.7 Å². The Labute approximate surface area is 156 Å². The number of fused-ring (bicyclic) bond motifs is 3. The number of rotatable bonds is 4. The van der Waals surface area contributed by atoms with Crippen LogP contribution in [-0.2, 0) is 6.61 Å². The van der Waals surface area contributed by atoms with Gasteiger partial charge in [-0.2, -0.15) is 0 Å². The molecule has 0 saturated carbocycles. The van der Waals surface area contributed by atoms with Crippen LogP contribution in [0.15, 0.2) is 41.9 Å². The molecule has 0 amide bonds. The van der Waals surface area contributed by atoms with Crippen LogP contribution in [-0.4, -0.2) is 44.6 Å². The van der Waals surface area contributed by atoms with Crippen molar-refractivity contribution in [3.63, 3.8) is 0 Å². The molecule has 134 valence electrons. The maximum Gasteiger partial charge on any atom is 0.123 e. The first kappa shape index (κ1) is 16.2. The van der Waals surface area contributed by atoms with Gasteiger partial charge in [0.15, 0.2) is 0 Å². The monoisotopic (exact) mass is 366 g/mol. The Bertz CT molecular complexity index is 910. The number of hydrogen-bond acceptors (Lipinski definition) is 5. The van der Waals surface area contributed by atoms with Gasteiger partial charge in [-0.1, -0.05) is 23.4 Å². The largest absolute Gasteiger partial charge is 0.392 e. The van der Waals surface area contributed by atoms with Crippen molar-refractivity contribution < 1.29 is 5.11 Å². The molecule has 3 aliphatic heterocycles. The molecule has 0 radical (unpaired) electrons. The minimum atomic E-state index is 0.0682. The Kier molecular flexibility index (Phi) is 4.11. The summed E-state index contributed by atoms with van der Waals surface area (Å²) in [4.78, 5) is 3.69. The number of piperidine rings is 3. The number of thiophene rings is 1. The molecule has 6 rings (SSSR count). The van der Waals surface area contributed by atoms with E-state index in [1.807, 2.05) is 18.2 Å². The Balaban J connectivity index is 1.39. The molecule has 1 aromatic carbocycles. The van der Waals surface area contributed by atoms with E-state index in [1.165, 1.54) is 25.9 Å². The van der Waals surface area contributed by atoms with Crippen molar-refractivity contribution >= 4 is 11.3 Å². The summed E-state index contributed by atoms with van der Waals surface area (Å²) in [6.07, 6.45) is 4.68. The third-order valence-corrected chi connectivity index (χ3v) is 6.72. The molecule has 6 heteroatoms. The smallest absolute Gasteiger partial charge is 0.123 e. The zero-order chi connectivity index (χ0) is 17.5. The summed E-state index contributed by atoms with van der Waals surface area (Å²) >= 11 is 1.70. The van der Waals surface area contributed by atoms with Crippen LogP contribution < -0.4 is 0 Å². The van der Waals surface area contributed by atoms with Crippen LogP contribution in [0.1, 0.15) is 24.4 Å². The average molecular weight is 366 g/mol. The molecule has 3 aromatic rings. The first-order chi connectivity index (χ1) is 12.8. The molecule has 3 saturated heterocycles. The molecular formula is C20H22N4OS. The Hall–Kier alpha value is -2.02. The number of aromatic nitrogens is 3. The third kappa shape index (κ3) is 2.88. The zero-order valence-corrected chi connectivity index (χ0v) is 15.4. The molecule has 2 bridgehead atoms. The van der Waals surface area contributed by atoms with Crippen molar-refractivity contribution in [2.75, 3.05) is 19.6 Å². The zero-order valence-electron chi connectivity index (χ0n) is 14.6. The van der Waals surface area contributed by atoms with Gasteiger partial charge in [0, 0.05) is 6.54 Å². The highest BCUT2D eigenvalue weighted by Crippen LogP contribution is 2.37. The van der Waals surface area contributed by atoms with E-state index in [0.29, 0.717) is 6.04 Å². The van der Waals surface area contributed by atoms with Gasteiger partial charge in [0.1, 0.15) is 5.69 Å². The summed E-state index contributed by atoms with van der Waals surface area (Å²) in [7, 11) is 0. The van der Waals surface area contributed by atoms with E-state index in [2.05, 4.69) is 43.6 Å². The van der Waals surface area contributed by atoms with Gasteiger partial charge in [-0.25, -0.2) is 4.68 Å². The van der Waals surface area contributed by atoms with Gasteiger partial charge in [-0.05, 0) is 66.1 Å². The second-order valence-corrected chi connectivity index (χ2v) is 8.26. The van der Waals surface area contributed by atoms with Crippen LogP contribution in [0, 0.1) is 5.92 Å². The summed E-state index contributed by atoms with van der Waals surface area (Å²) in [6.45, 7) is 3.66. The predicted octanol–water partition coefficient (Wildman–Crippen LogP) is 3.43. The van der Waals surface area contributed by atoms with Crippen molar-refractivity contribution in [2.24, 2.45) is 5.92 Å². The van der Waals surface area contributed by atoms with E-state index in [-0.39, 0.29) is 6.61 Å². The summed E-state index contributed by atoms with van der Waals surface area (Å²) < 4.78 is 2.09. The van der Waals surface area contributed by atoms with Crippen LogP contribution in [0.25, 0.3) is 21.7 Å². The number of aliphatic hydroxyl groups is 1.